The van der Waals surface area contributed by atoms with Crippen molar-refractivity contribution in [3.63, 3.8) is 0 Å². The van der Waals surface area contributed by atoms with Gasteiger partial charge in [-0.3, -0.25) is 4.79 Å². The summed E-state index contributed by atoms with van der Waals surface area (Å²) < 4.78 is 150. The smallest absolute Gasteiger partial charge is 0.433 e. The fourth-order valence-corrected chi connectivity index (χ4v) is 3.28. The van der Waals surface area contributed by atoms with Crippen LogP contribution in [0.15, 0.2) is 48.5 Å². The van der Waals surface area contributed by atoms with Gasteiger partial charge >= 0.3 is 30.6 Å². The topological polar surface area (TPSA) is 75.0 Å². The third-order valence-electron chi connectivity index (χ3n) is 5.09. The number of nitrogens with one attached hydrogen (secondary N) is 1. The van der Waals surface area contributed by atoms with Gasteiger partial charge in [-0.25, -0.2) is 9.37 Å². The van der Waals surface area contributed by atoms with Crippen molar-refractivity contribution in [3.8, 4) is 11.8 Å². The molecule has 0 radical (unpaired) electrons. The van der Waals surface area contributed by atoms with Crippen molar-refractivity contribution in [1.29, 1.82) is 5.26 Å². The van der Waals surface area contributed by atoms with Gasteiger partial charge in [-0.2, -0.15) is 49.2 Å². The molecule has 2 aromatic carbocycles. The van der Waals surface area contributed by atoms with E-state index in [1.165, 1.54) is 24.3 Å². The molecule has 0 aliphatic carbocycles. The Kier molecular flexibility index (Phi) is 7.19. The number of hydrogen-bond acceptors (Lipinski definition) is 4. The van der Waals surface area contributed by atoms with Gasteiger partial charge in [0.05, 0.1) is 11.2 Å². The minimum atomic E-state index is -7.05. The van der Waals surface area contributed by atoms with Crippen LogP contribution in [0.5, 0.6) is 5.75 Å². The van der Waals surface area contributed by atoms with Crippen LogP contribution in [0.1, 0.15) is 21.6 Å². The number of alkyl halides is 11. The molecule has 0 spiro atoms. The monoisotopic (exact) mass is 557 g/mol. The highest BCUT2D eigenvalue weighted by atomic mass is 19.4. The third-order valence-corrected chi connectivity index (χ3v) is 5.09. The number of fused-ring (bicyclic) bond motifs is 1. The lowest BCUT2D eigenvalue weighted by atomic mass is 9.87. The van der Waals surface area contributed by atoms with Crippen LogP contribution in [0, 0.1) is 11.3 Å². The molecule has 5 nitrogen and oxygen atoms in total. The van der Waals surface area contributed by atoms with Crippen LogP contribution in [0.4, 0.5) is 54.0 Å². The Bertz CT molecular complexity index is 1410. The maximum atomic E-state index is 14.7. The van der Waals surface area contributed by atoms with Crippen LogP contribution in [0.2, 0.25) is 0 Å². The number of carbonyl (C=O) groups excluding carboxylic acids is 1. The number of anilines is 1. The second kappa shape index (κ2) is 9.62. The molecular weight excluding hydrogens is 547 g/mol. The first-order chi connectivity index (χ1) is 17.4. The van der Waals surface area contributed by atoms with E-state index < -0.39 is 59.5 Å². The molecule has 0 fully saturated rings. The molecule has 1 atom stereocenters. The number of benzene rings is 2. The Morgan fingerprint density at radius 2 is 1.55 bits per heavy atom. The molecule has 0 bridgehead atoms. The predicted octanol–water partition coefficient (Wildman–Crippen LogP) is 6.88. The fourth-order valence-electron chi connectivity index (χ4n) is 3.28. The zero-order valence-electron chi connectivity index (χ0n) is 18.1. The minimum absolute atomic E-state index is 0.0440. The molecule has 16 heteroatoms. The van der Waals surface area contributed by atoms with Gasteiger partial charge in [0, 0.05) is 16.5 Å². The van der Waals surface area contributed by atoms with Crippen molar-refractivity contribution in [2.45, 2.75) is 30.6 Å². The average Bonchev–Trinajstić information content (AvgIpc) is 2.81. The summed E-state index contributed by atoms with van der Waals surface area (Å²) in [6.45, 7) is -3.87. The summed E-state index contributed by atoms with van der Waals surface area (Å²) in [6, 6.07) is 7.69. The lowest BCUT2D eigenvalue weighted by Crippen LogP contribution is -2.59. The number of amides is 1. The standard InChI is InChI=1S/C22H10F11N3O2/c23-18(24)38-16-8-12(19(25,21(28,29)30)20(26,27)22(31,32)33)3-6-15(16)36-17(37)11-2-5-14-10(7-11)1-4-13(9-34)35-14/h1-8,18H,(H,36,37). The SMILES string of the molecule is N#Cc1ccc2cc(C(=O)Nc3ccc(C(F)(C(F)(F)F)C(F)(F)C(F)(F)F)cc3OC(F)F)ccc2n1. The van der Waals surface area contributed by atoms with Crippen LogP contribution in [-0.4, -0.2) is 35.8 Å². The molecule has 38 heavy (non-hydrogen) atoms. The average molecular weight is 557 g/mol. The number of carbonyl (C=O) groups is 1. The fraction of sp³-hybridized carbons (Fsp3) is 0.227. The number of pyridine rings is 1. The lowest BCUT2D eigenvalue weighted by molar-refractivity contribution is -0.389. The maximum absolute atomic E-state index is 14.7. The Hall–Kier alpha value is -4.16. The summed E-state index contributed by atoms with van der Waals surface area (Å²) in [5.41, 5.74) is -9.61. The molecule has 1 unspecified atom stereocenters. The first-order valence-corrected chi connectivity index (χ1v) is 9.84. The largest absolute Gasteiger partial charge is 0.457 e. The van der Waals surface area contributed by atoms with Crippen LogP contribution in [-0.2, 0) is 5.67 Å². The third kappa shape index (κ3) is 5.00. The molecule has 0 aliphatic rings. The highest BCUT2D eigenvalue weighted by Crippen LogP contribution is 2.58. The molecule has 202 valence electrons. The number of nitrogens with zero attached hydrogens (tertiary/aromatic N) is 2. The number of ether oxygens (including phenoxy) is 1. The van der Waals surface area contributed by atoms with E-state index in [9.17, 15) is 53.1 Å². The quantitative estimate of drug-likeness (QED) is 0.335. The van der Waals surface area contributed by atoms with Gasteiger partial charge in [0.15, 0.2) is 0 Å². The van der Waals surface area contributed by atoms with Crippen LogP contribution in [0.25, 0.3) is 10.9 Å². The van der Waals surface area contributed by atoms with E-state index in [2.05, 4.69) is 9.72 Å². The summed E-state index contributed by atoms with van der Waals surface area (Å²) in [5, 5.41) is 11.1. The highest BCUT2D eigenvalue weighted by Gasteiger charge is 2.81. The summed E-state index contributed by atoms with van der Waals surface area (Å²) in [5.74, 6) is -9.70. The van der Waals surface area contributed by atoms with Crippen molar-refractivity contribution < 1.29 is 57.8 Å². The Morgan fingerprint density at radius 1 is 0.895 bits per heavy atom. The second-order valence-corrected chi connectivity index (χ2v) is 7.49. The first-order valence-electron chi connectivity index (χ1n) is 9.84. The van der Waals surface area contributed by atoms with Crippen molar-refractivity contribution in [1.82, 2.24) is 4.98 Å². The zero-order chi connectivity index (χ0) is 28.7. The van der Waals surface area contributed by atoms with E-state index in [1.807, 2.05) is 5.32 Å². The van der Waals surface area contributed by atoms with Crippen LogP contribution in [0.3, 0.4) is 0 Å². The van der Waals surface area contributed by atoms with Crippen LogP contribution >= 0.6 is 0 Å². The van der Waals surface area contributed by atoms with Gasteiger partial charge in [-0.15, -0.1) is 0 Å². The Labute approximate surface area is 204 Å². The molecule has 0 saturated carbocycles. The molecule has 0 saturated heterocycles. The van der Waals surface area contributed by atoms with Gasteiger partial charge in [-0.1, -0.05) is 6.07 Å². The molecular formula is C22H10F11N3O2. The van der Waals surface area contributed by atoms with E-state index in [-0.39, 0.29) is 28.9 Å². The normalized spacial score (nSPS) is 14.2. The lowest BCUT2D eigenvalue weighted by Gasteiger charge is -2.36. The molecule has 0 aliphatic heterocycles. The Morgan fingerprint density at radius 3 is 2.11 bits per heavy atom. The van der Waals surface area contributed by atoms with Gasteiger partial charge < -0.3 is 10.1 Å². The van der Waals surface area contributed by atoms with Crippen molar-refractivity contribution in [3.05, 3.63) is 65.4 Å². The van der Waals surface area contributed by atoms with E-state index >= 15 is 0 Å². The first kappa shape index (κ1) is 28.4. The van der Waals surface area contributed by atoms with E-state index in [0.29, 0.717) is 5.39 Å². The highest BCUT2D eigenvalue weighted by molar-refractivity contribution is 6.06. The summed E-state index contributed by atoms with van der Waals surface area (Å²) in [6.07, 6.45) is -13.9. The molecule has 3 aromatic rings. The number of nitriles is 1. The predicted molar refractivity (Wildman–Crippen MR) is 107 cm³/mol. The number of aromatic nitrogens is 1. The number of halogens is 11. The van der Waals surface area contributed by atoms with Gasteiger partial charge in [-0.05, 0) is 42.5 Å². The Balaban J connectivity index is 2.06. The second-order valence-electron chi connectivity index (χ2n) is 7.49. The molecule has 1 aromatic heterocycles. The zero-order valence-corrected chi connectivity index (χ0v) is 18.1. The summed E-state index contributed by atoms with van der Waals surface area (Å²) in [7, 11) is 0. The molecule has 3 rings (SSSR count). The van der Waals surface area contributed by atoms with Gasteiger partial charge in [0.2, 0.25) is 0 Å². The molecule has 1 heterocycles. The van der Waals surface area contributed by atoms with E-state index in [4.69, 9.17) is 5.26 Å². The van der Waals surface area contributed by atoms with Gasteiger partial charge in [0.25, 0.3) is 5.91 Å². The van der Waals surface area contributed by atoms with E-state index in [0.717, 1.165) is 6.07 Å². The summed E-state index contributed by atoms with van der Waals surface area (Å²) in [4.78, 5) is 16.6. The number of rotatable bonds is 6. The van der Waals surface area contributed by atoms with E-state index in [1.54, 1.807) is 6.07 Å². The van der Waals surface area contributed by atoms with Crippen molar-refractivity contribution >= 4 is 22.5 Å². The van der Waals surface area contributed by atoms with Crippen LogP contribution < -0.4 is 10.1 Å². The molecule has 1 amide bonds. The number of hydrogen-bond donors (Lipinski definition) is 1. The van der Waals surface area contributed by atoms with Gasteiger partial charge in [0.1, 0.15) is 17.5 Å². The van der Waals surface area contributed by atoms with Crippen molar-refractivity contribution in [2.24, 2.45) is 0 Å². The summed E-state index contributed by atoms with van der Waals surface area (Å²) >= 11 is 0. The minimum Gasteiger partial charge on any atom is -0.433 e. The van der Waals surface area contributed by atoms with Crippen molar-refractivity contribution in [2.75, 3.05) is 5.32 Å². The maximum Gasteiger partial charge on any atom is 0.457 e. The molecule has 1 N–H and O–H groups in total.